The van der Waals surface area contributed by atoms with Gasteiger partial charge in [0.15, 0.2) is 0 Å². The third kappa shape index (κ3) is 3.53. The first kappa shape index (κ1) is 16.9. The van der Waals surface area contributed by atoms with E-state index in [0.29, 0.717) is 23.4 Å². The zero-order chi connectivity index (χ0) is 17.9. The van der Waals surface area contributed by atoms with Crippen molar-refractivity contribution in [3.8, 4) is 11.4 Å². The molecule has 0 radical (unpaired) electrons. The summed E-state index contributed by atoms with van der Waals surface area (Å²) in [6.07, 6.45) is 8.16. The van der Waals surface area contributed by atoms with E-state index in [2.05, 4.69) is 24.8 Å². The van der Waals surface area contributed by atoms with Crippen molar-refractivity contribution in [2.45, 2.75) is 31.7 Å². The molecule has 0 amide bonds. The fourth-order valence-corrected chi connectivity index (χ4v) is 3.88. The summed E-state index contributed by atoms with van der Waals surface area (Å²) in [6, 6.07) is 5.49. The van der Waals surface area contributed by atoms with E-state index in [-0.39, 0.29) is 5.56 Å². The summed E-state index contributed by atoms with van der Waals surface area (Å²) in [5.74, 6) is -0.267. The van der Waals surface area contributed by atoms with Crippen LogP contribution in [-0.4, -0.2) is 63.1 Å². The molecule has 7 nitrogen and oxygen atoms in total. The molecule has 7 heteroatoms. The van der Waals surface area contributed by atoms with Crippen LogP contribution in [0.3, 0.4) is 0 Å². The van der Waals surface area contributed by atoms with Gasteiger partial charge in [0.25, 0.3) is 0 Å². The highest BCUT2D eigenvalue weighted by molar-refractivity contribution is 5.88. The zero-order valence-corrected chi connectivity index (χ0v) is 14.7. The molecular formula is C19H23N5O2. The number of nitrogens with zero attached hydrogens (tertiary/aromatic N) is 5. The highest BCUT2D eigenvalue weighted by Crippen LogP contribution is 2.24. The first-order chi connectivity index (χ1) is 12.7. The average Bonchev–Trinajstić information content (AvgIpc) is 3.23. The van der Waals surface area contributed by atoms with Crippen LogP contribution in [0.1, 0.15) is 36.0 Å². The number of pyridine rings is 1. The monoisotopic (exact) mass is 353 g/mol. The number of aromatic carboxylic acids is 1. The molecule has 1 N–H and O–H groups in total. The lowest BCUT2D eigenvalue weighted by Gasteiger charge is -2.36. The Bertz CT molecular complexity index is 783. The average molecular weight is 353 g/mol. The Kier molecular flexibility index (Phi) is 4.79. The molecule has 4 heterocycles. The van der Waals surface area contributed by atoms with Crippen molar-refractivity contribution in [1.82, 2.24) is 19.9 Å². The van der Waals surface area contributed by atoms with Crippen molar-refractivity contribution in [2.75, 3.05) is 31.1 Å². The van der Waals surface area contributed by atoms with Crippen molar-refractivity contribution < 1.29 is 9.90 Å². The van der Waals surface area contributed by atoms with Gasteiger partial charge >= 0.3 is 5.97 Å². The number of aromatic nitrogens is 3. The molecule has 0 bridgehead atoms. The van der Waals surface area contributed by atoms with Crippen LogP contribution in [0.5, 0.6) is 0 Å². The van der Waals surface area contributed by atoms with Crippen LogP contribution in [0.2, 0.25) is 0 Å². The molecule has 0 atom stereocenters. The smallest absolute Gasteiger partial charge is 0.335 e. The molecule has 2 saturated heterocycles. The number of rotatable bonds is 4. The number of likely N-dealkylation sites (tertiary alicyclic amines) is 1. The normalized spacial score (nSPS) is 19.0. The summed E-state index contributed by atoms with van der Waals surface area (Å²) in [7, 11) is 0. The first-order valence-corrected chi connectivity index (χ1v) is 9.22. The van der Waals surface area contributed by atoms with Gasteiger partial charge in [0.1, 0.15) is 0 Å². The van der Waals surface area contributed by atoms with Crippen LogP contribution in [0.4, 0.5) is 5.95 Å². The van der Waals surface area contributed by atoms with Crippen molar-refractivity contribution in [2.24, 2.45) is 0 Å². The summed E-state index contributed by atoms with van der Waals surface area (Å²) in [6.45, 7) is 4.38. The summed E-state index contributed by atoms with van der Waals surface area (Å²) < 4.78 is 0. The molecular weight excluding hydrogens is 330 g/mol. The molecule has 0 aliphatic carbocycles. The van der Waals surface area contributed by atoms with E-state index in [1.54, 1.807) is 18.3 Å². The number of carboxylic acid groups (broad SMARTS) is 1. The molecule has 2 fully saturated rings. The Morgan fingerprint density at radius 1 is 1.00 bits per heavy atom. The molecule has 0 spiro atoms. The van der Waals surface area contributed by atoms with Crippen LogP contribution in [0.15, 0.2) is 30.6 Å². The third-order valence-electron chi connectivity index (χ3n) is 5.32. The number of hydrogen-bond acceptors (Lipinski definition) is 6. The van der Waals surface area contributed by atoms with Crippen molar-refractivity contribution >= 4 is 11.9 Å². The topological polar surface area (TPSA) is 82.4 Å². The van der Waals surface area contributed by atoms with E-state index in [0.717, 1.165) is 25.9 Å². The van der Waals surface area contributed by atoms with E-state index in [1.807, 2.05) is 0 Å². The molecule has 2 aromatic heterocycles. The van der Waals surface area contributed by atoms with Crippen molar-refractivity contribution in [1.29, 1.82) is 0 Å². The quantitative estimate of drug-likeness (QED) is 0.903. The minimum atomic E-state index is -0.966. The predicted octanol–water partition coefficient (Wildman–Crippen LogP) is 2.30. The van der Waals surface area contributed by atoms with E-state index < -0.39 is 5.97 Å². The molecule has 136 valence electrons. The Morgan fingerprint density at radius 3 is 2.46 bits per heavy atom. The van der Waals surface area contributed by atoms with Gasteiger partial charge in [-0.25, -0.2) is 14.8 Å². The number of piperidine rings is 1. The first-order valence-electron chi connectivity index (χ1n) is 9.22. The lowest BCUT2D eigenvalue weighted by Crippen LogP contribution is -2.44. The van der Waals surface area contributed by atoms with Gasteiger partial charge in [0.05, 0.1) is 17.0 Å². The van der Waals surface area contributed by atoms with Gasteiger partial charge in [-0.3, -0.25) is 4.98 Å². The van der Waals surface area contributed by atoms with Crippen LogP contribution in [0.25, 0.3) is 11.4 Å². The van der Waals surface area contributed by atoms with Crippen molar-refractivity contribution in [3.63, 3.8) is 0 Å². The zero-order valence-electron chi connectivity index (χ0n) is 14.7. The second-order valence-corrected chi connectivity index (χ2v) is 6.94. The molecule has 4 rings (SSSR count). The Balaban J connectivity index is 1.48. The van der Waals surface area contributed by atoms with E-state index >= 15 is 0 Å². The second-order valence-electron chi connectivity index (χ2n) is 6.94. The Hall–Kier alpha value is -2.54. The summed E-state index contributed by atoms with van der Waals surface area (Å²) in [4.78, 5) is 29.3. The number of hydrogen-bond donors (Lipinski definition) is 1. The number of carboxylic acids is 1. The minimum Gasteiger partial charge on any atom is -0.478 e. The maximum Gasteiger partial charge on any atom is 0.335 e. The lowest BCUT2D eigenvalue weighted by atomic mass is 10.0. The number of anilines is 1. The van der Waals surface area contributed by atoms with Gasteiger partial charge in [0.2, 0.25) is 5.95 Å². The predicted molar refractivity (Wildman–Crippen MR) is 98.3 cm³/mol. The number of carbonyl (C=O) groups is 1. The van der Waals surface area contributed by atoms with Gasteiger partial charge in [-0.2, -0.15) is 0 Å². The summed E-state index contributed by atoms with van der Waals surface area (Å²) in [5.41, 5.74) is 1.42. The van der Waals surface area contributed by atoms with Crippen LogP contribution in [0, 0.1) is 0 Å². The Labute approximate surface area is 152 Å². The molecule has 2 aliphatic rings. The fraction of sp³-hybridized carbons (Fsp3) is 0.474. The molecule has 2 aromatic rings. The van der Waals surface area contributed by atoms with Crippen LogP contribution in [-0.2, 0) is 0 Å². The van der Waals surface area contributed by atoms with E-state index in [4.69, 9.17) is 5.11 Å². The molecule has 0 saturated carbocycles. The van der Waals surface area contributed by atoms with Crippen molar-refractivity contribution in [3.05, 3.63) is 36.2 Å². The Morgan fingerprint density at radius 2 is 1.73 bits per heavy atom. The third-order valence-corrected chi connectivity index (χ3v) is 5.32. The highest BCUT2D eigenvalue weighted by Gasteiger charge is 2.27. The van der Waals surface area contributed by atoms with Crippen LogP contribution < -0.4 is 4.90 Å². The minimum absolute atomic E-state index is 0.210. The molecule has 0 unspecified atom stereocenters. The highest BCUT2D eigenvalue weighted by atomic mass is 16.4. The SMILES string of the molecule is O=C(O)c1ccnc(-c2ccnc(N3CCC(N4CCCC4)CC3)n2)c1. The standard InChI is InChI=1S/C19H23N5O2/c25-18(26)14-3-7-20-17(13-14)16-4-8-21-19(22-16)24-11-5-15(6-12-24)23-9-1-2-10-23/h3-4,7-8,13,15H,1-2,5-6,9-12H2,(H,25,26). The summed E-state index contributed by atoms with van der Waals surface area (Å²) in [5, 5.41) is 9.16. The maximum absolute atomic E-state index is 11.2. The van der Waals surface area contributed by atoms with Gasteiger partial charge in [0, 0.05) is 31.5 Å². The van der Waals surface area contributed by atoms with Gasteiger partial charge in [-0.15, -0.1) is 0 Å². The molecule has 2 aliphatic heterocycles. The van der Waals surface area contributed by atoms with Gasteiger partial charge < -0.3 is 14.9 Å². The van der Waals surface area contributed by atoms with E-state index in [9.17, 15) is 4.79 Å². The lowest BCUT2D eigenvalue weighted by molar-refractivity contribution is 0.0697. The van der Waals surface area contributed by atoms with E-state index in [1.165, 1.54) is 38.2 Å². The second kappa shape index (κ2) is 7.37. The van der Waals surface area contributed by atoms with Gasteiger partial charge in [-0.05, 0) is 57.0 Å². The molecule has 26 heavy (non-hydrogen) atoms. The fourth-order valence-electron chi connectivity index (χ4n) is 3.88. The molecule has 0 aromatic carbocycles. The van der Waals surface area contributed by atoms with Gasteiger partial charge in [-0.1, -0.05) is 0 Å². The van der Waals surface area contributed by atoms with Crippen LogP contribution >= 0.6 is 0 Å². The largest absolute Gasteiger partial charge is 0.478 e. The maximum atomic E-state index is 11.2. The summed E-state index contributed by atoms with van der Waals surface area (Å²) >= 11 is 0.